The number of aryl methyl sites for hydroxylation is 1. The van der Waals surface area contributed by atoms with E-state index in [1.165, 1.54) is 18.2 Å². The summed E-state index contributed by atoms with van der Waals surface area (Å²) in [6.45, 7) is 9.87. The van der Waals surface area contributed by atoms with Gasteiger partial charge in [-0.1, -0.05) is 57.5 Å². The quantitative estimate of drug-likeness (QED) is 0.190. The fraction of sp³-hybridized carbons (Fsp3) is 0.452. The minimum absolute atomic E-state index is 0.102. The molecule has 2 aromatic carbocycles. The molecule has 3 rings (SSSR count). The number of nitrogens with zero attached hydrogens (tertiary/aromatic N) is 2. The molecule has 1 amide bonds. The molecule has 0 aliphatic heterocycles. The molecule has 0 saturated heterocycles. The van der Waals surface area contributed by atoms with Crippen LogP contribution in [-0.2, 0) is 16.0 Å². The Morgan fingerprint density at radius 1 is 0.976 bits per heavy atom. The van der Waals surface area contributed by atoms with E-state index in [9.17, 15) is 18.0 Å². The van der Waals surface area contributed by atoms with Gasteiger partial charge in [-0.3, -0.25) is 4.79 Å². The van der Waals surface area contributed by atoms with E-state index in [1.807, 2.05) is 31.2 Å². The topological polar surface area (TPSA) is 85.4 Å². The molecule has 0 aliphatic carbocycles. The summed E-state index contributed by atoms with van der Waals surface area (Å²) in [6.07, 6.45) is -1.83. The lowest BCUT2D eigenvalue weighted by Crippen LogP contribution is -2.41. The van der Waals surface area contributed by atoms with Gasteiger partial charge in [-0.2, -0.15) is 0 Å². The van der Waals surface area contributed by atoms with E-state index < -0.39 is 12.4 Å². The summed E-state index contributed by atoms with van der Waals surface area (Å²) in [7, 11) is 0. The highest BCUT2D eigenvalue weighted by Crippen LogP contribution is 2.30. The van der Waals surface area contributed by atoms with Crippen LogP contribution in [0.4, 0.5) is 19.0 Å². The number of carbonyl (C=O) groups is 1. The molecule has 7 nitrogen and oxygen atoms in total. The molecule has 0 aliphatic rings. The van der Waals surface area contributed by atoms with Crippen molar-refractivity contribution in [3.63, 3.8) is 0 Å². The van der Waals surface area contributed by atoms with Crippen molar-refractivity contribution in [3.8, 4) is 28.3 Å². The van der Waals surface area contributed by atoms with Crippen LogP contribution in [0.1, 0.15) is 52.7 Å². The monoisotopic (exact) mass is 572 g/mol. The Hall–Kier alpha value is -3.66. The van der Waals surface area contributed by atoms with E-state index in [1.54, 1.807) is 12.1 Å². The summed E-state index contributed by atoms with van der Waals surface area (Å²) in [6, 6.07) is 14.5. The minimum Gasteiger partial charge on any atom is -0.406 e. The van der Waals surface area contributed by atoms with Crippen molar-refractivity contribution in [2.24, 2.45) is 5.92 Å². The first-order chi connectivity index (χ1) is 19.6. The molecule has 10 heteroatoms. The molecule has 1 heterocycles. The number of halogens is 3. The van der Waals surface area contributed by atoms with Crippen LogP contribution in [0.15, 0.2) is 54.6 Å². The maximum Gasteiger partial charge on any atom is 0.573 e. The number of amides is 1. The molecular weight excluding hydrogens is 533 g/mol. The standard InChI is InChI=1S/C31H39F3N4O3/c1-5-10-25-20-28(37-27(17-21(3)4)30(39)35-15-9-16-40-6-2)38-29(36-25)24-13-7-11-22(18-24)23-12-8-14-26(19-23)41-31(32,33)34/h7-8,11-14,18-21,27H,5-6,9-10,15-17H2,1-4H3,(H,35,39)(H,36,37,38)/t27-/m0/s1. The molecule has 0 unspecified atom stereocenters. The van der Waals surface area contributed by atoms with E-state index in [0.717, 1.165) is 25.0 Å². The molecule has 41 heavy (non-hydrogen) atoms. The van der Waals surface area contributed by atoms with E-state index >= 15 is 0 Å². The maximum atomic E-state index is 13.1. The predicted molar refractivity (Wildman–Crippen MR) is 155 cm³/mol. The number of anilines is 1. The third kappa shape index (κ3) is 10.7. The smallest absolute Gasteiger partial charge is 0.406 e. The van der Waals surface area contributed by atoms with Gasteiger partial charge in [0.25, 0.3) is 0 Å². The first-order valence-corrected chi connectivity index (χ1v) is 14.0. The van der Waals surface area contributed by atoms with Gasteiger partial charge < -0.3 is 20.1 Å². The average molecular weight is 573 g/mol. The lowest BCUT2D eigenvalue weighted by molar-refractivity contribution is -0.274. The molecule has 0 saturated carbocycles. The predicted octanol–water partition coefficient (Wildman–Crippen LogP) is 7.03. The van der Waals surface area contributed by atoms with Gasteiger partial charge in [0.1, 0.15) is 17.6 Å². The average Bonchev–Trinajstić information content (AvgIpc) is 2.91. The van der Waals surface area contributed by atoms with Crippen molar-refractivity contribution < 1.29 is 27.4 Å². The second kappa shape index (κ2) is 15.4. The number of hydrogen-bond acceptors (Lipinski definition) is 6. The summed E-state index contributed by atoms with van der Waals surface area (Å²) in [5.41, 5.74) is 2.78. The van der Waals surface area contributed by atoms with Crippen molar-refractivity contribution >= 4 is 11.7 Å². The van der Waals surface area contributed by atoms with Gasteiger partial charge in [-0.05, 0) is 61.4 Å². The van der Waals surface area contributed by atoms with Gasteiger partial charge in [0.15, 0.2) is 5.82 Å². The fourth-order valence-corrected chi connectivity index (χ4v) is 4.33. The highest BCUT2D eigenvalue weighted by molar-refractivity contribution is 5.84. The van der Waals surface area contributed by atoms with Crippen molar-refractivity contribution in [1.82, 2.24) is 15.3 Å². The molecule has 0 spiro atoms. The van der Waals surface area contributed by atoms with Crippen molar-refractivity contribution in [2.45, 2.75) is 65.8 Å². The normalized spacial score (nSPS) is 12.3. The van der Waals surface area contributed by atoms with Gasteiger partial charge in [0.05, 0.1) is 0 Å². The minimum atomic E-state index is -4.77. The molecule has 2 N–H and O–H groups in total. The number of rotatable bonds is 15. The zero-order valence-electron chi connectivity index (χ0n) is 24.1. The Balaban J connectivity index is 1.88. The zero-order valence-corrected chi connectivity index (χ0v) is 24.1. The number of aromatic nitrogens is 2. The highest BCUT2D eigenvalue weighted by Gasteiger charge is 2.31. The largest absolute Gasteiger partial charge is 0.573 e. The van der Waals surface area contributed by atoms with Crippen molar-refractivity contribution in [2.75, 3.05) is 25.1 Å². The van der Waals surface area contributed by atoms with Crippen LogP contribution in [-0.4, -0.2) is 48.0 Å². The molecule has 222 valence electrons. The lowest BCUT2D eigenvalue weighted by atomic mass is 10.0. The second-order valence-corrected chi connectivity index (χ2v) is 10.1. The van der Waals surface area contributed by atoms with Crippen LogP contribution in [0.2, 0.25) is 0 Å². The third-order valence-electron chi connectivity index (χ3n) is 6.12. The molecule has 1 atom stereocenters. The molecule has 3 aromatic rings. The Morgan fingerprint density at radius 3 is 2.37 bits per heavy atom. The number of ether oxygens (including phenoxy) is 2. The Bertz CT molecular complexity index is 1270. The van der Waals surface area contributed by atoms with E-state index in [2.05, 4.69) is 36.1 Å². The fourth-order valence-electron chi connectivity index (χ4n) is 4.33. The van der Waals surface area contributed by atoms with Crippen LogP contribution < -0.4 is 15.4 Å². The number of alkyl halides is 3. The summed E-state index contributed by atoms with van der Waals surface area (Å²) in [5.74, 6) is 0.880. The van der Waals surface area contributed by atoms with Gasteiger partial charge >= 0.3 is 6.36 Å². The summed E-state index contributed by atoms with van der Waals surface area (Å²) < 4.78 is 47.7. The van der Waals surface area contributed by atoms with E-state index in [-0.39, 0.29) is 17.6 Å². The van der Waals surface area contributed by atoms with Crippen LogP contribution in [0.25, 0.3) is 22.5 Å². The molecular formula is C31H39F3N4O3. The van der Waals surface area contributed by atoms with Crippen LogP contribution in [0.3, 0.4) is 0 Å². The Morgan fingerprint density at radius 2 is 1.68 bits per heavy atom. The third-order valence-corrected chi connectivity index (χ3v) is 6.12. The SMILES string of the molecule is CCCc1cc(N[C@@H](CC(C)C)C(=O)NCCCOCC)nc(-c2cccc(-c3cccc(OC(F)(F)F)c3)c2)n1. The van der Waals surface area contributed by atoms with E-state index in [4.69, 9.17) is 14.7 Å². The van der Waals surface area contributed by atoms with Crippen molar-refractivity contribution in [1.29, 1.82) is 0 Å². The highest BCUT2D eigenvalue weighted by atomic mass is 19.4. The zero-order chi connectivity index (χ0) is 29.8. The lowest BCUT2D eigenvalue weighted by Gasteiger charge is -2.21. The number of hydrogen-bond donors (Lipinski definition) is 2. The van der Waals surface area contributed by atoms with Gasteiger partial charge in [0.2, 0.25) is 5.91 Å². The number of carbonyl (C=O) groups excluding carboxylic acids is 1. The van der Waals surface area contributed by atoms with Gasteiger partial charge in [-0.15, -0.1) is 13.2 Å². The first kappa shape index (κ1) is 31.9. The first-order valence-electron chi connectivity index (χ1n) is 14.0. The Kier molecular flexibility index (Phi) is 11.9. The van der Waals surface area contributed by atoms with E-state index in [0.29, 0.717) is 54.5 Å². The molecule has 0 radical (unpaired) electrons. The van der Waals surface area contributed by atoms with Crippen LogP contribution in [0, 0.1) is 5.92 Å². The molecule has 0 fully saturated rings. The second-order valence-electron chi connectivity index (χ2n) is 10.1. The van der Waals surface area contributed by atoms with Gasteiger partial charge in [-0.25, -0.2) is 9.97 Å². The molecule has 1 aromatic heterocycles. The summed E-state index contributed by atoms with van der Waals surface area (Å²) in [5, 5.41) is 6.32. The Labute approximate surface area is 239 Å². The maximum absolute atomic E-state index is 13.1. The van der Waals surface area contributed by atoms with Crippen LogP contribution >= 0.6 is 0 Å². The molecule has 0 bridgehead atoms. The van der Waals surface area contributed by atoms with Gasteiger partial charge in [0, 0.05) is 37.1 Å². The summed E-state index contributed by atoms with van der Waals surface area (Å²) in [4.78, 5) is 22.5. The van der Waals surface area contributed by atoms with Crippen molar-refractivity contribution in [3.05, 3.63) is 60.3 Å². The number of benzene rings is 2. The van der Waals surface area contributed by atoms with Crippen LogP contribution in [0.5, 0.6) is 5.75 Å². The number of nitrogens with one attached hydrogen (secondary N) is 2. The summed E-state index contributed by atoms with van der Waals surface area (Å²) >= 11 is 0.